The molecule has 1 spiro atoms. The molecule has 0 unspecified atom stereocenters. The number of likely N-dealkylation sites (tertiary alicyclic amines) is 1. The van der Waals surface area contributed by atoms with Gasteiger partial charge in [0.1, 0.15) is 5.71 Å². The molecule has 1 aromatic rings. The first-order chi connectivity index (χ1) is 15.9. The molecule has 3 amide bonds. The molecular weight excluding hydrogens is 468 g/mol. The number of hydrogen-bond acceptors (Lipinski definition) is 7. The van der Waals surface area contributed by atoms with Crippen LogP contribution < -0.4 is 16.1 Å². The van der Waals surface area contributed by atoms with Crippen LogP contribution in [0.2, 0.25) is 0 Å². The fourth-order valence-electron chi connectivity index (χ4n) is 3.75. The molecule has 2 aliphatic heterocycles. The van der Waals surface area contributed by atoms with Crippen LogP contribution in [0.1, 0.15) is 35.0 Å². The number of ether oxygens (including phenoxy) is 1. The van der Waals surface area contributed by atoms with Crippen molar-refractivity contribution in [3.8, 4) is 6.07 Å². The molecule has 2 aliphatic rings. The van der Waals surface area contributed by atoms with E-state index in [0.29, 0.717) is 53.8 Å². The SMILES string of the molecule is [2H]C([2H])([2H])NC(=O)C(=O)N[C@@H](C)CN1CCC2(CC1)OC(=O)NN=C2c1cc(C#N)ccc1Br. The summed E-state index contributed by atoms with van der Waals surface area (Å²) in [5, 5.41) is 17.7. The Kier molecular flexibility index (Phi) is 5.72. The van der Waals surface area contributed by atoms with E-state index >= 15 is 0 Å². The Morgan fingerprint density at radius 3 is 2.87 bits per heavy atom. The van der Waals surface area contributed by atoms with Crippen molar-refractivity contribution in [1.29, 1.82) is 5.26 Å². The minimum Gasteiger partial charge on any atom is -0.435 e. The van der Waals surface area contributed by atoms with E-state index in [1.807, 2.05) is 4.90 Å². The summed E-state index contributed by atoms with van der Waals surface area (Å²) >= 11 is 3.48. The van der Waals surface area contributed by atoms with Crippen molar-refractivity contribution < 1.29 is 23.2 Å². The van der Waals surface area contributed by atoms with Gasteiger partial charge >= 0.3 is 17.9 Å². The lowest BCUT2D eigenvalue weighted by atomic mass is 9.82. The van der Waals surface area contributed by atoms with Crippen molar-refractivity contribution in [1.82, 2.24) is 21.0 Å². The standard InChI is InChI=1S/C20H23BrN6O4/c1-12(24-18(29)17(28)23-2)11-27-7-5-20(6-8-27)16(25-26-19(30)31-20)14-9-13(10-22)3-4-15(14)21/h3-4,9,12H,5-8,11H2,1-2H3,(H,23,28)(H,24,29)(H,26,30)/t12-/m0/s1/i2D3. The van der Waals surface area contributed by atoms with E-state index in [-0.39, 0.29) is 0 Å². The molecule has 2 heterocycles. The molecule has 1 atom stereocenters. The highest BCUT2D eigenvalue weighted by Crippen LogP contribution is 2.35. The van der Waals surface area contributed by atoms with Gasteiger partial charge in [0.15, 0.2) is 5.60 Å². The van der Waals surface area contributed by atoms with Crippen molar-refractivity contribution in [3.05, 3.63) is 33.8 Å². The molecule has 1 aromatic carbocycles. The van der Waals surface area contributed by atoms with Crippen molar-refractivity contribution in [2.75, 3.05) is 26.6 Å². The van der Waals surface area contributed by atoms with E-state index in [1.54, 1.807) is 30.4 Å². The summed E-state index contributed by atoms with van der Waals surface area (Å²) in [6, 6.07) is 6.74. The average molecular weight is 494 g/mol. The first-order valence-electron chi connectivity index (χ1n) is 11.0. The van der Waals surface area contributed by atoms with Gasteiger partial charge in [0.05, 0.1) is 11.6 Å². The van der Waals surface area contributed by atoms with Crippen molar-refractivity contribution in [2.45, 2.75) is 31.4 Å². The monoisotopic (exact) mass is 493 g/mol. The largest absolute Gasteiger partial charge is 0.435 e. The quantitative estimate of drug-likeness (QED) is 0.531. The van der Waals surface area contributed by atoms with Crippen LogP contribution in [0.5, 0.6) is 0 Å². The molecule has 10 nitrogen and oxygen atoms in total. The molecule has 11 heteroatoms. The second-order valence-electron chi connectivity index (χ2n) is 7.39. The van der Waals surface area contributed by atoms with Crippen molar-refractivity contribution in [2.24, 2.45) is 5.10 Å². The van der Waals surface area contributed by atoms with Crippen LogP contribution >= 0.6 is 15.9 Å². The molecule has 3 N–H and O–H groups in total. The number of hydrogen-bond donors (Lipinski definition) is 3. The second-order valence-corrected chi connectivity index (χ2v) is 8.25. The molecule has 31 heavy (non-hydrogen) atoms. The van der Waals surface area contributed by atoms with Gasteiger partial charge in [-0.2, -0.15) is 10.4 Å². The van der Waals surface area contributed by atoms with Gasteiger partial charge in [-0.3, -0.25) is 9.59 Å². The number of carbonyl (C=O) groups is 3. The molecular formula is C20H23BrN6O4. The molecule has 1 fully saturated rings. The third-order valence-electron chi connectivity index (χ3n) is 5.22. The number of amides is 3. The number of benzene rings is 1. The minimum atomic E-state index is -2.74. The first kappa shape index (κ1) is 18.8. The molecule has 164 valence electrons. The fraction of sp³-hybridized carbons (Fsp3) is 0.450. The predicted octanol–water partition coefficient (Wildman–Crippen LogP) is 0.850. The summed E-state index contributed by atoms with van der Waals surface area (Å²) in [6.45, 7) is 0.362. The maximum atomic E-state index is 12.0. The van der Waals surface area contributed by atoms with Gasteiger partial charge in [-0.05, 0) is 25.1 Å². The number of nitriles is 1. The van der Waals surface area contributed by atoms with Gasteiger partial charge in [0.2, 0.25) is 0 Å². The van der Waals surface area contributed by atoms with Crippen LogP contribution in [-0.2, 0) is 14.3 Å². The average Bonchev–Trinajstić information content (AvgIpc) is 2.75. The summed E-state index contributed by atoms with van der Waals surface area (Å²) < 4.78 is 27.5. The van der Waals surface area contributed by atoms with Crippen molar-refractivity contribution >= 4 is 39.5 Å². The van der Waals surface area contributed by atoms with Crippen LogP contribution in [0, 0.1) is 11.3 Å². The first-order valence-corrected chi connectivity index (χ1v) is 10.3. The van der Waals surface area contributed by atoms with Gasteiger partial charge < -0.3 is 20.3 Å². The van der Waals surface area contributed by atoms with Crippen molar-refractivity contribution in [3.63, 3.8) is 0 Å². The van der Waals surface area contributed by atoms with Crippen LogP contribution in [-0.4, -0.2) is 66.8 Å². The number of rotatable bonds is 4. The van der Waals surface area contributed by atoms with Gasteiger partial charge in [0, 0.05) is 59.6 Å². The number of nitrogens with one attached hydrogen (secondary N) is 3. The lowest BCUT2D eigenvalue weighted by Gasteiger charge is -2.43. The molecule has 0 radical (unpaired) electrons. The van der Waals surface area contributed by atoms with Crippen LogP contribution in [0.4, 0.5) is 4.79 Å². The number of hydrazone groups is 1. The van der Waals surface area contributed by atoms with Gasteiger partial charge in [-0.1, -0.05) is 15.9 Å². The molecule has 3 rings (SSSR count). The Bertz CT molecular complexity index is 1060. The molecule has 0 bridgehead atoms. The molecule has 0 aliphatic carbocycles. The highest BCUT2D eigenvalue weighted by molar-refractivity contribution is 9.10. The lowest BCUT2D eigenvalue weighted by Crippen LogP contribution is -2.57. The van der Waals surface area contributed by atoms with E-state index in [9.17, 15) is 19.6 Å². The highest BCUT2D eigenvalue weighted by atomic mass is 79.9. The molecule has 0 saturated carbocycles. The Balaban J connectivity index is 1.66. The van der Waals surface area contributed by atoms with Crippen LogP contribution in [0.15, 0.2) is 27.8 Å². The third kappa shape index (κ3) is 5.03. The zero-order chi connectivity index (χ0) is 25.1. The smallest absolute Gasteiger partial charge is 0.428 e. The fourth-order valence-corrected chi connectivity index (χ4v) is 4.18. The van der Waals surface area contributed by atoms with Crippen LogP contribution in [0.25, 0.3) is 0 Å². The second kappa shape index (κ2) is 9.45. The van der Waals surface area contributed by atoms with Gasteiger partial charge in [-0.15, -0.1) is 0 Å². The maximum absolute atomic E-state index is 12.0. The minimum absolute atomic E-state index is 0.398. The Morgan fingerprint density at radius 2 is 2.19 bits per heavy atom. The third-order valence-corrected chi connectivity index (χ3v) is 5.91. The number of likely N-dealkylation sites (N-methyl/N-ethyl adjacent to an activating group) is 1. The molecule has 1 saturated heterocycles. The molecule has 0 aromatic heterocycles. The Labute approximate surface area is 192 Å². The number of carbonyl (C=O) groups excluding carboxylic acids is 3. The zero-order valence-electron chi connectivity index (χ0n) is 19.7. The maximum Gasteiger partial charge on any atom is 0.428 e. The summed E-state index contributed by atoms with van der Waals surface area (Å²) in [6.07, 6.45) is 0.177. The summed E-state index contributed by atoms with van der Waals surface area (Å²) in [5.41, 5.74) is 2.96. The topological polar surface area (TPSA) is 136 Å². The van der Waals surface area contributed by atoms with E-state index in [0.717, 1.165) is 0 Å². The number of piperidine rings is 1. The Hall–Kier alpha value is -2.97. The zero-order valence-corrected chi connectivity index (χ0v) is 18.3. The predicted molar refractivity (Wildman–Crippen MR) is 115 cm³/mol. The highest BCUT2D eigenvalue weighted by Gasteiger charge is 2.46. The summed E-state index contributed by atoms with van der Waals surface area (Å²) in [4.78, 5) is 37.7. The summed E-state index contributed by atoms with van der Waals surface area (Å²) in [7, 11) is 0. The lowest BCUT2D eigenvalue weighted by molar-refractivity contribution is -0.139. The van der Waals surface area contributed by atoms with E-state index in [1.165, 1.54) is 0 Å². The summed E-state index contributed by atoms with van der Waals surface area (Å²) in [5.74, 6) is -2.25. The van der Waals surface area contributed by atoms with Crippen LogP contribution in [0.3, 0.4) is 0 Å². The van der Waals surface area contributed by atoms with E-state index < -0.39 is 36.5 Å². The van der Waals surface area contributed by atoms with Gasteiger partial charge in [0.25, 0.3) is 0 Å². The Morgan fingerprint density at radius 1 is 1.45 bits per heavy atom. The normalized spacial score (nSPS) is 20.6. The van der Waals surface area contributed by atoms with E-state index in [2.05, 4.69) is 37.8 Å². The number of nitrogens with zero attached hydrogens (tertiary/aromatic N) is 3. The number of halogens is 1. The van der Waals surface area contributed by atoms with Gasteiger partial charge in [-0.25, -0.2) is 10.2 Å². The van der Waals surface area contributed by atoms with E-state index in [4.69, 9.17) is 8.85 Å².